The third kappa shape index (κ3) is 5.52. The topological polar surface area (TPSA) is 197 Å². The number of ketones is 2. The lowest BCUT2D eigenvalue weighted by Gasteiger charge is -2.69. The highest BCUT2D eigenvalue weighted by Crippen LogP contribution is 2.80. The Morgan fingerprint density at radius 3 is 2.32 bits per heavy atom. The summed E-state index contributed by atoms with van der Waals surface area (Å²) in [6.45, 7) is 11.6. The number of aliphatic carboxylic acids is 1. The third-order valence-corrected chi connectivity index (χ3v) is 16.3. The molecule has 1 aromatic rings. The number of hydrogen-bond acceptors (Lipinski definition) is 7. The van der Waals surface area contributed by atoms with Crippen molar-refractivity contribution in [2.45, 2.75) is 110 Å². The second-order valence-corrected chi connectivity index (χ2v) is 19.2. The molecule has 0 aliphatic heterocycles. The van der Waals surface area contributed by atoms with Gasteiger partial charge in [-0.3, -0.25) is 14.6 Å². The highest BCUT2D eigenvalue weighted by Gasteiger charge is 2.81. The largest absolute Gasteiger partial charge is 0.478 e. The van der Waals surface area contributed by atoms with Crippen LogP contribution in [-0.2, 0) is 14.4 Å². The molecule has 7 rings (SSSR count). The van der Waals surface area contributed by atoms with Crippen LogP contribution in [0.5, 0.6) is 0 Å². The first-order valence-electron chi connectivity index (χ1n) is 20.6. The van der Waals surface area contributed by atoms with Crippen molar-refractivity contribution in [1.29, 1.82) is 0 Å². The lowest BCUT2D eigenvalue weighted by Crippen LogP contribution is -2.70. The molecule has 0 heterocycles. The predicted molar refractivity (Wildman–Crippen MR) is 216 cm³/mol. The first kappa shape index (κ1) is 40.3. The van der Waals surface area contributed by atoms with Crippen molar-refractivity contribution in [2.24, 2.45) is 73.6 Å². The average Bonchev–Trinajstić information content (AvgIpc) is 3.75. The van der Waals surface area contributed by atoms with Gasteiger partial charge in [-0.2, -0.15) is 0 Å². The summed E-state index contributed by atoms with van der Waals surface area (Å²) < 4.78 is 0. The van der Waals surface area contributed by atoms with Crippen molar-refractivity contribution < 1.29 is 34.8 Å². The number of carbonyl (C=O) groups excluding carboxylic acids is 2. The number of rotatable bonds is 10. The summed E-state index contributed by atoms with van der Waals surface area (Å²) in [5.74, 6) is -3.64. The summed E-state index contributed by atoms with van der Waals surface area (Å²) in [6.07, 6.45) is 12.5. The number of nitrogens with two attached hydrogens (primary N) is 2. The van der Waals surface area contributed by atoms with Crippen LogP contribution >= 0.6 is 0 Å². The van der Waals surface area contributed by atoms with Crippen molar-refractivity contribution in [1.82, 2.24) is 0 Å². The molecule has 8 N–H and O–H groups in total. The van der Waals surface area contributed by atoms with E-state index in [0.717, 1.165) is 31.2 Å². The fourth-order valence-electron chi connectivity index (χ4n) is 13.8. The number of aliphatic imine (C=N–C) groups is 1. The Bertz CT molecular complexity index is 1960. The number of nitrogens with zero attached hydrogens (tertiary/aromatic N) is 1. The van der Waals surface area contributed by atoms with Crippen LogP contribution < -0.4 is 11.5 Å². The number of carboxylic acids is 1. The zero-order valence-corrected chi connectivity index (χ0v) is 33.8. The minimum Gasteiger partial charge on any atom is -0.478 e. The zero-order valence-electron chi connectivity index (χ0n) is 33.8. The molecule has 0 amide bonds. The molecule has 3 fully saturated rings. The van der Waals surface area contributed by atoms with Crippen LogP contribution in [0.15, 0.2) is 76.3 Å². The number of aliphatic hydroxyl groups is 3. The fraction of sp³-hybridized carbons (Fsp3) is 0.609. The predicted octanol–water partition coefficient (Wildman–Crippen LogP) is 5.76. The maximum Gasteiger partial charge on any atom is 0.331 e. The molecule has 56 heavy (non-hydrogen) atoms. The van der Waals surface area contributed by atoms with Crippen LogP contribution in [0.1, 0.15) is 98.5 Å². The van der Waals surface area contributed by atoms with Crippen LogP contribution in [0, 0.1) is 57.2 Å². The highest BCUT2D eigenvalue weighted by molar-refractivity contribution is 6.02. The molecule has 0 spiro atoms. The molecule has 3 saturated carbocycles. The number of Topliss-reactive ketones (excluding diaryl/α,β-unsaturated/α-hetero) is 2. The highest BCUT2D eigenvalue weighted by atomic mass is 16.4. The Labute approximate surface area is 330 Å². The lowest BCUT2D eigenvalue weighted by atomic mass is 9.34. The summed E-state index contributed by atoms with van der Waals surface area (Å²) >= 11 is 0. The van der Waals surface area contributed by atoms with E-state index in [-0.39, 0.29) is 54.3 Å². The molecule has 1 aromatic carbocycles. The molecule has 10 nitrogen and oxygen atoms in total. The summed E-state index contributed by atoms with van der Waals surface area (Å²) in [4.78, 5) is 45.7. The number of carboxylic acid groups (broad SMARTS) is 1. The van der Waals surface area contributed by atoms with E-state index >= 15 is 4.79 Å². The summed E-state index contributed by atoms with van der Waals surface area (Å²) in [6, 6.07) is 9.87. The number of fused-ring (bicyclic) bond motifs is 2. The van der Waals surface area contributed by atoms with Gasteiger partial charge in [0.25, 0.3) is 0 Å². The van der Waals surface area contributed by atoms with E-state index in [4.69, 9.17) is 11.5 Å². The van der Waals surface area contributed by atoms with E-state index < -0.39 is 68.6 Å². The molecular formula is C46H61N3O7. The monoisotopic (exact) mass is 767 g/mol. The molecule has 0 saturated heterocycles. The number of aliphatic hydroxyl groups excluding tert-OH is 1. The number of carbonyl (C=O) groups is 3. The normalized spacial score (nSPS) is 39.3. The van der Waals surface area contributed by atoms with E-state index in [9.17, 15) is 30.0 Å². The minimum absolute atomic E-state index is 0.0113. The van der Waals surface area contributed by atoms with Gasteiger partial charge in [-0.1, -0.05) is 96.0 Å². The molecule has 6 aliphatic rings. The van der Waals surface area contributed by atoms with Crippen LogP contribution in [0.4, 0.5) is 0 Å². The number of guanidine groups is 1. The van der Waals surface area contributed by atoms with Gasteiger partial charge in [0.05, 0.1) is 11.7 Å². The van der Waals surface area contributed by atoms with Crippen LogP contribution in [0.2, 0.25) is 0 Å². The van der Waals surface area contributed by atoms with Gasteiger partial charge >= 0.3 is 5.97 Å². The van der Waals surface area contributed by atoms with Gasteiger partial charge < -0.3 is 31.9 Å². The lowest BCUT2D eigenvalue weighted by molar-refractivity contribution is -0.169. The van der Waals surface area contributed by atoms with Gasteiger partial charge in [0.1, 0.15) is 11.4 Å². The van der Waals surface area contributed by atoms with Gasteiger partial charge in [0.2, 0.25) is 0 Å². The van der Waals surface area contributed by atoms with Crippen molar-refractivity contribution in [3.63, 3.8) is 0 Å². The Morgan fingerprint density at radius 1 is 1.04 bits per heavy atom. The van der Waals surface area contributed by atoms with E-state index in [2.05, 4.69) is 18.8 Å². The third-order valence-electron chi connectivity index (χ3n) is 16.3. The van der Waals surface area contributed by atoms with E-state index in [1.807, 2.05) is 63.3 Å². The molecule has 11 atom stereocenters. The van der Waals surface area contributed by atoms with Gasteiger partial charge in [0, 0.05) is 58.6 Å². The Balaban J connectivity index is 1.49. The maximum atomic E-state index is 15.6. The van der Waals surface area contributed by atoms with Crippen LogP contribution in [0.25, 0.3) is 6.08 Å². The van der Waals surface area contributed by atoms with Gasteiger partial charge in [0.15, 0.2) is 11.7 Å². The van der Waals surface area contributed by atoms with Crippen molar-refractivity contribution in [2.75, 3.05) is 6.54 Å². The minimum atomic E-state index is -1.70. The number of allylic oxidation sites excluding steroid dienone is 1. The van der Waals surface area contributed by atoms with E-state index in [1.54, 1.807) is 12.2 Å². The molecule has 0 radical (unpaired) electrons. The summed E-state index contributed by atoms with van der Waals surface area (Å²) in [7, 11) is 0. The number of hydrogen-bond donors (Lipinski definition) is 6. The molecule has 0 bridgehead atoms. The standard InChI is InChI=1S/C46H61N3O7/c1-26(39(53)54)22-33(50)30(25-49-40(47)48)27(2)32-23-44(55)20-21-46(56)31(17-16-28-12-8-7-9-13-28)37-41(3,4)35(52)18-19-42(37,5)36-34(51)24-45(32,29-14-10-11-15-29)43(44,6)38(36)46/h7-9,12-13,16-17,20-22,27,29-33,37,50,55-56H,10-11,14-15,18-19,23-25H2,1-6H3,(H,53,54)(H4,47,48,49)/t27-,30+,31-,32+,33-,37+,42-,43-,44-,45+,46+/m1/s1. The summed E-state index contributed by atoms with van der Waals surface area (Å²) in [5, 5.41) is 48.6. The maximum absolute atomic E-state index is 15.6. The Morgan fingerprint density at radius 2 is 1.70 bits per heavy atom. The molecule has 302 valence electrons. The second kappa shape index (κ2) is 13.6. The molecule has 0 aromatic heterocycles. The summed E-state index contributed by atoms with van der Waals surface area (Å²) in [5.41, 5.74) is 7.01. The van der Waals surface area contributed by atoms with Crippen molar-refractivity contribution in [3.05, 3.63) is 76.9 Å². The van der Waals surface area contributed by atoms with E-state index in [1.165, 1.54) is 13.0 Å². The van der Waals surface area contributed by atoms with E-state index in [0.29, 0.717) is 24.0 Å². The van der Waals surface area contributed by atoms with Crippen molar-refractivity contribution >= 4 is 29.6 Å². The molecule has 0 unspecified atom stereocenters. The van der Waals surface area contributed by atoms with Crippen LogP contribution in [0.3, 0.4) is 0 Å². The molecule has 6 aliphatic carbocycles. The Hall–Kier alpha value is -3.86. The van der Waals surface area contributed by atoms with Crippen LogP contribution in [-0.4, -0.2) is 67.8 Å². The smallest absolute Gasteiger partial charge is 0.331 e. The second-order valence-electron chi connectivity index (χ2n) is 19.2. The zero-order chi connectivity index (χ0) is 40.8. The first-order valence-corrected chi connectivity index (χ1v) is 20.6. The SMILES string of the molecule is CC(=C[C@@H](O)[C@@H](CN=C(N)N)[C@@H](C)[C@@H]1C[C@]2(O)C=C[C@@]3(O)C4=C(C(=O)C[C@@]1(C1CCCC1)[C@]42C)[C@@]1(C)CCC(=O)C(C)(C)[C@@H]1[C@H]3C=Cc1ccccc1)C(=O)O. The molecule has 10 heteroatoms. The quantitative estimate of drug-likeness (QED) is 0.0742. The van der Waals surface area contributed by atoms with Gasteiger partial charge in [-0.15, -0.1) is 0 Å². The molecular weight excluding hydrogens is 707 g/mol. The average molecular weight is 768 g/mol. The number of benzene rings is 1. The fourth-order valence-corrected chi connectivity index (χ4v) is 13.8. The van der Waals surface area contributed by atoms with Gasteiger partial charge in [-0.25, -0.2) is 4.79 Å². The Kier molecular flexibility index (Phi) is 9.81. The first-order chi connectivity index (χ1) is 26.2. The van der Waals surface area contributed by atoms with Gasteiger partial charge in [-0.05, 0) is 85.0 Å². The van der Waals surface area contributed by atoms with Crippen molar-refractivity contribution in [3.8, 4) is 0 Å².